The normalized spacial score (nSPS) is 10.5. The van der Waals surface area contributed by atoms with Crippen LogP contribution in [0.4, 0.5) is 0 Å². The van der Waals surface area contributed by atoms with Crippen molar-refractivity contribution in [1.82, 2.24) is 20.3 Å². The van der Waals surface area contributed by atoms with E-state index < -0.39 is 0 Å². The van der Waals surface area contributed by atoms with Crippen LogP contribution in [0.3, 0.4) is 0 Å². The zero-order chi connectivity index (χ0) is 18.2. The van der Waals surface area contributed by atoms with E-state index in [-0.39, 0.29) is 11.7 Å². The summed E-state index contributed by atoms with van der Waals surface area (Å²) < 4.78 is 0. The highest BCUT2D eigenvalue weighted by molar-refractivity contribution is 8.02. The molecule has 0 aliphatic heterocycles. The number of carbonyl (C=O) groups excluding carboxylic acids is 1. The predicted molar refractivity (Wildman–Crippen MR) is 104 cm³/mol. The molecule has 2 heterocycles. The first-order valence-electron chi connectivity index (χ1n) is 8.05. The van der Waals surface area contributed by atoms with Gasteiger partial charge in [-0.25, -0.2) is 9.97 Å². The molecule has 5 nitrogen and oxygen atoms in total. The van der Waals surface area contributed by atoms with E-state index in [0.29, 0.717) is 6.54 Å². The summed E-state index contributed by atoms with van der Waals surface area (Å²) in [7, 11) is 0. The number of nitrogens with zero attached hydrogens (tertiary/aromatic N) is 3. The highest BCUT2D eigenvalue weighted by atomic mass is 32.2. The summed E-state index contributed by atoms with van der Waals surface area (Å²) in [6, 6.07) is 13.9. The fourth-order valence-electron chi connectivity index (χ4n) is 2.08. The Balaban J connectivity index is 1.56. The minimum atomic E-state index is -0.0578. The average molecular weight is 383 g/mol. The quantitative estimate of drug-likeness (QED) is 0.628. The molecule has 3 aromatic rings. The van der Waals surface area contributed by atoms with Gasteiger partial charge < -0.3 is 5.32 Å². The fourth-order valence-corrected chi connectivity index (χ4v) is 3.81. The van der Waals surface area contributed by atoms with E-state index >= 15 is 0 Å². The van der Waals surface area contributed by atoms with Crippen LogP contribution in [0.5, 0.6) is 0 Å². The SMILES string of the molecule is Cc1ccc(Sc2nccnc2SCC(=O)NCc2ccccn2)cc1. The molecular formula is C19H18N4OS2. The van der Waals surface area contributed by atoms with E-state index in [2.05, 4.69) is 51.5 Å². The second kappa shape index (κ2) is 9.35. The Hall–Kier alpha value is -2.38. The number of nitrogens with one attached hydrogen (secondary N) is 1. The third-order valence-corrected chi connectivity index (χ3v) is 5.51. The van der Waals surface area contributed by atoms with Gasteiger partial charge in [-0.2, -0.15) is 0 Å². The zero-order valence-electron chi connectivity index (χ0n) is 14.3. The molecule has 132 valence electrons. The number of benzene rings is 1. The number of aryl methyl sites for hydroxylation is 1. The maximum atomic E-state index is 12.1. The number of aromatic nitrogens is 3. The zero-order valence-corrected chi connectivity index (χ0v) is 15.9. The van der Waals surface area contributed by atoms with Gasteiger partial charge in [0, 0.05) is 23.5 Å². The van der Waals surface area contributed by atoms with E-state index in [1.54, 1.807) is 30.4 Å². The van der Waals surface area contributed by atoms with E-state index in [9.17, 15) is 4.79 Å². The molecule has 0 aliphatic carbocycles. The minimum Gasteiger partial charge on any atom is -0.350 e. The van der Waals surface area contributed by atoms with E-state index in [0.717, 1.165) is 20.6 Å². The average Bonchev–Trinajstić information content (AvgIpc) is 2.68. The van der Waals surface area contributed by atoms with E-state index in [4.69, 9.17) is 0 Å². The standard InChI is InChI=1S/C19H18N4OS2/c1-14-5-7-16(8-6-14)26-19-18(21-10-11-22-19)25-13-17(24)23-12-15-4-2-3-9-20-15/h2-11H,12-13H2,1H3,(H,23,24). The first-order valence-corrected chi connectivity index (χ1v) is 9.86. The van der Waals surface area contributed by atoms with Gasteiger partial charge in [-0.15, -0.1) is 0 Å². The summed E-state index contributed by atoms with van der Waals surface area (Å²) in [6.45, 7) is 2.48. The van der Waals surface area contributed by atoms with Gasteiger partial charge in [-0.05, 0) is 31.2 Å². The number of carbonyl (C=O) groups is 1. The second-order valence-corrected chi connectivity index (χ2v) is 7.49. The Bertz CT molecular complexity index is 857. The fraction of sp³-hybridized carbons (Fsp3) is 0.158. The Kier molecular flexibility index (Phi) is 6.62. The number of hydrogen-bond acceptors (Lipinski definition) is 6. The molecule has 0 saturated heterocycles. The summed E-state index contributed by atoms with van der Waals surface area (Å²) in [6.07, 6.45) is 5.03. The maximum absolute atomic E-state index is 12.1. The van der Waals surface area contributed by atoms with Gasteiger partial charge in [0.2, 0.25) is 5.91 Å². The summed E-state index contributed by atoms with van der Waals surface area (Å²) >= 11 is 2.93. The van der Waals surface area contributed by atoms with Crippen molar-refractivity contribution in [1.29, 1.82) is 0 Å². The topological polar surface area (TPSA) is 67.8 Å². The van der Waals surface area contributed by atoms with Gasteiger partial charge >= 0.3 is 0 Å². The number of pyridine rings is 1. The van der Waals surface area contributed by atoms with Gasteiger partial charge in [-0.3, -0.25) is 9.78 Å². The Morgan fingerprint density at radius 2 is 1.73 bits per heavy atom. The van der Waals surface area contributed by atoms with Gasteiger partial charge in [0.25, 0.3) is 0 Å². The molecule has 0 aliphatic rings. The van der Waals surface area contributed by atoms with Crippen molar-refractivity contribution in [3.05, 3.63) is 72.3 Å². The molecule has 3 rings (SSSR count). The molecular weight excluding hydrogens is 364 g/mol. The van der Waals surface area contributed by atoms with Crippen LogP contribution >= 0.6 is 23.5 Å². The van der Waals surface area contributed by atoms with Crippen LogP contribution in [0, 0.1) is 6.92 Å². The van der Waals surface area contributed by atoms with Crippen LogP contribution in [0.25, 0.3) is 0 Å². The van der Waals surface area contributed by atoms with Crippen molar-refractivity contribution in [3.63, 3.8) is 0 Å². The maximum Gasteiger partial charge on any atom is 0.230 e. The van der Waals surface area contributed by atoms with Crippen LogP contribution in [-0.4, -0.2) is 26.6 Å². The van der Waals surface area contributed by atoms with Gasteiger partial charge in [-0.1, -0.05) is 47.3 Å². The lowest BCUT2D eigenvalue weighted by Crippen LogP contribution is -2.25. The molecule has 7 heteroatoms. The van der Waals surface area contributed by atoms with Crippen molar-refractivity contribution in [2.24, 2.45) is 0 Å². The van der Waals surface area contributed by atoms with E-state index in [1.165, 1.54) is 17.3 Å². The van der Waals surface area contributed by atoms with Crippen molar-refractivity contribution in [3.8, 4) is 0 Å². The van der Waals surface area contributed by atoms with Crippen LogP contribution in [0.15, 0.2) is 76.0 Å². The van der Waals surface area contributed by atoms with Crippen molar-refractivity contribution < 1.29 is 4.79 Å². The molecule has 0 spiro atoms. The summed E-state index contributed by atoms with van der Waals surface area (Å²) in [5, 5.41) is 4.43. The molecule has 0 saturated carbocycles. The van der Waals surface area contributed by atoms with Crippen molar-refractivity contribution in [2.45, 2.75) is 28.4 Å². The molecule has 0 atom stereocenters. The Morgan fingerprint density at radius 3 is 2.46 bits per heavy atom. The third-order valence-electron chi connectivity index (χ3n) is 3.40. The Labute approximate surface area is 161 Å². The first-order chi connectivity index (χ1) is 12.7. The molecule has 2 aromatic heterocycles. The van der Waals surface area contributed by atoms with Gasteiger partial charge in [0.15, 0.2) is 0 Å². The highest BCUT2D eigenvalue weighted by Gasteiger charge is 2.10. The molecule has 0 fully saturated rings. The summed E-state index contributed by atoms with van der Waals surface area (Å²) in [5.41, 5.74) is 2.05. The van der Waals surface area contributed by atoms with Gasteiger partial charge in [0.1, 0.15) is 10.1 Å². The molecule has 1 amide bonds. The molecule has 1 aromatic carbocycles. The second-order valence-electron chi connectivity index (χ2n) is 5.47. The number of thioether (sulfide) groups is 1. The van der Waals surface area contributed by atoms with Gasteiger partial charge in [0.05, 0.1) is 18.0 Å². The molecule has 1 N–H and O–H groups in total. The lowest BCUT2D eigenvalue weighted by atomic mass is 10.2. The Morgan fingerprint density at radius 1 is 0.962 bits per heavy atom. The van der Waals surface area contributed by atoms with Crippen LogP contribution in [-0.2, 0) is 11.3 Å². The van der Waals surface area contributed by atoms with Crippen LogP contribution < -0.4 is 5.32 Å². The lowest BCUT2D eigenvalue weighted by molar-refractivity contribution is -0.118. The van der Waals surface area contributed by atoms with Crippen LogP contribution in [0.1, 0.15) is 11.3 Å². The molecule has 0 unspecified atom stereocenters. The molecule has 0 bridgehead atoms. The third kappa shape index (κ3) is 5.57. The van der Waals surface area contributed by atoms with Crippen LogP contribution in [0.2, 0.25) is 0 Å². The first kappa shape index (κ1) is 18.4. The van der Waals surface area contributed by atoms with Crippen molar-refractivity contribution >= 4 is 29.4 Å². The minimum absolute atomic E-state index is 0.0578. The lowest BCUT2D eigenvalue weighted by Gasteiger charge is -2.07. The molecule has 0 radical (unpaired) electrons. The largest absolute Gasteiger partial charge is 0.350 e. The summed E-state index contributed by atoms with van der Waals surface area (Å²) in [5.74, 6) is 0.227. The van der Waals surface area contributed by atoms with E-state index in [1.807, 2.05) is 18.2 Å². The van der Waals surface area contributed by atoms with Crippen molar-refractivity contribution in [2.75, 3.05) is 5.75 Å². The predicted octanol–water partition coefficient (Wildman–Crippen LogP) is 3.74. The molecule has 26 heavy (non-hydrogen) atoms. The summed E-state index contributed by atoms with van der Waals surface area (Å²) in [4.78, 5) is 26.1. The highest BCUT2D eigenvalue weighted by Crippen LogP contribution is 2.32. The number of hydrogen-bond donors (Lipinski definition) is 1. The number of rotatable bonds is 7. The monoisotopic (exact) mass is 382 g/mol. The smallest absolute Gasteiger partial charge is 0.230 e. The number of amides is 1.